The lowest BCUT2D eigenvalue weighted by Crippen LogP contribution is -2.50. The lowest BCUT2D eigenvalue weighted by Gasteiger charge is -2.32. The first-order valence-electron chi connectivity index (χ1n) is 8.88. The number of aliphatic hydroxyl groups is 1. The predicted molar refractivity (Wildman–Crippen MR) is 98.2 cm³/mol. The Balaban J connectivity index is 1.71. The van der Waals surface area contributed by atoms with E-state index in [0.29, 0.717) is 5.56 Å². The van der Waals surface area contributed by atoms with Gasteiger partial charge in [0.15, 0.2) is 0 Å². The largest absolute Gasteiger partial charge is 0.383 e. The van der Waals surface area contributed by atoms with E-state index in [4.69, 9.17) is 0 Å². The molecule has 0 bridgehead atoms. The van der Waals surface area contributed by atoms with Gasteiger partial charge >= 0.3 is 6.03 Å². The Morgan fingerprint density at radius 2 is 2.12 bits per heavy atom. The van der Waals surface area contributed by atoms with Crippen molar-refractivity contribution in [3.8, 4) is 0 Å². The van der Waals surface area contributed by atoms with E-state index in [0.717, 1.165) is 32.5 Å². The van der Waals surface area contributed by atoms with E-state index < -0.39 is 5.60 Å². The molecular weight excluding hydrogens is 318 g/mol. The van der Waals surface area contributed by atoms with Gasteiger partial charge in [-0.25, -0.2) is 4.79 Å². The number of nitrogens with zero attached hydrogens (tertiary/aromatic N) is 3. The molecule has 1 aromatic rings. The maximum absolute atomic E-state index is 12.1. The molecule has 2 amide bonds. The summed E-state index contributed by atoms with van der Waals surface area (Å²) in [6, 6.07) is -0.0433. The van der Waals surface area contributed by atoms with Gasteiger partial charge in [-0.05, 0) is 33.6 Å². The van der Waals surface area contributed by atoms with Gasteiger partial charge in [0.05, 0.1) is 12.7 Å². The van der Waals surface area contributed by atoms with Gasteiger partial charge in [0.2, 0.25) is 0 Å². The number of urea groups is 1. The maximum Gasteiger partial charge on any atom is 0.315 e. The first-order valence-corrected chi connectivity index (χ1v) is 8.88. The number of nitrogens with one attached hydrogen (secondary N) is 2. The second-order valence-electron chi connectivity index (χ2n) is 7.36. The zero-order chi connectivity index (χ0) is 18.4. The van der Waals surface area contributed by atoms with Crippen LogP contribution in [0.4, 0.5) is 4.79 Å². The Morgan fingerprint density at radius 1 is 1.44 bits per heavy atom. The van der Waals surface area contributed by atoms with Crippen LogP contribution in [0.25, 0.3) is 0 Å². The minimum atomic E-state index is -1.14. The fourth-order valence-corrected chi connectivity index (χ4v) is 2.86. The first kappa shape index (κ1) is 19.5. The van der Waals surface area contributed by atoms with Gasteiger partial charge in [0, 0.05) is 44.5 Å². The summed E-state index contributed by atoms with van der Waals surface area (Å²) in [5.74, 6) is 0. The van der Waals surface area contributed by atoms with E-state index in [9.17, 15) is 9.90 Å². The lowest BCUT2D eigenvalue weighted by molar-refractivity contribution is 0.0590. The molecule has 0 aromatic carbocycles. The first-order chi connectivity index (χ1) is 11.8. The van der Waals surface area contributed by atoms with Crippen LogP contribution in [0.1, 0.15) is 39.2 Å². The van der Waals surface area contributed by atoms with Crippen LogP contribution < -0.4 is 10.6 Å². The Labute approximate surface area is 150 Å². The topological polar surface area (TPSA) is 82.4 Å². The summed E-state index contributed by atoms with van der Waals surface area (Å²) in [6.07, 6.45) is 7.50. The summed E-state index contributed by atoms with van der Waals surface area (Å²) in [7, 11) is 1.80. The molecule has 1 saturated heterocycles. The van der Waals surface area contributed by atoms with Crippen molar-refractivity contribution in [1.82, 2.24) is 25.3 Å². The molecule has 1 fully saturated rings. The van der Waals surface area contributed by atoms with Crippen LogP contribution in [-0.2, 0) is 12.6 Å². The number of rotatable bonds is 6. The Morgan fingerprint density at radius 3 is 2.68 bits per heavy atom. The van der Waals surface area contributed by atoms with Gasteiger partial charge < -0.3 is 15.7 Å². The molecule has 7 nitrogen and oxygen atoms in total. The van der Waals surface area contributed by atoms with E-state index in [1.165, 1.54) is 5.57 Å². The van der Waals surface area contributed by atoms with Crippen LogP contribution in [0, 0.1) is 0 Å². The summed E-state index contributed by atoms with van der Waals surface area (Å²) < 4.78 is 1.63. The molecule has 0 saturated carbocycles. The van der Waals surface area contributed by atoms with Gasteiger partial charge in [-0.1, -0.05) is 11.6 Å². The third-order valence-corrected chi connectivity index (χ3v) is 4.60. The zero-order valence-corrected chi connectivity index (χ0v) is 15.7. The highest BCUT2D eigenvalue weighted by atomic mass is 16.3. The molecule has 0 aliphatic carbocycles. The Bertz CT molecular complexity index is 596. The number of carbonyl (C=O) groups excluding carboxylic acids is 1. The van der Waals surface area contributed by atoms with Crippen LogP contribution in [0.3, 0.4) is 0 Å². The normalized spacial score (nSPS) is 18.4. The molecule has 0 unspecified atom stereocenters. The molecule has 1 aliphatic heterocycles. The molecule has 1 aliphatic rings. The average Bonchev–Trinajstić information content (AvgIpc) is 3.00. The SMILES string of the molecule is CC(C)=CCN1CCC(NC(=O)NC[C@@](C)(O)c2cnn(C)c2)CC1. The van der Waals surface area contributed by atoms with E-state index in [1.54, 1.807) is 31.0 Å². The highest BCUT2D eigenvalue weighted by Crippen LogP contribution is 2.18. The average molecular weight is 349 g/mol. The number of amides is 2. The quantitative estimate of drug-likeness (QED) is 0.677. The molecule has 25 heavy (non-hydrogen) atoms. The van der Waals surface area contributed by atoms with Crippen molar-refractivity contribution in [1.29, 1.82) is 0 Å². The number of likely N-dealkylation sites (tertiary alicyclic amines) is 1. The molecule has 2 heterocycles. The molecule has 2 rings (SSSR count). The standard InChI is InChI=1S/C18H31N5O2/c1-14(2)5-8-23-9-6-16(7-10-23)21-17(24)19-13-18(3,25)15-11-20-22(4)12-15/h5,11-12,16,25H,6-10,13H2,1-4H3,(H2,19,21,24)/t18-/m1/s1. The maximum atomic E-state index is 12.1. The minimum Gasteiger partial charge on any atom is -0.383 e. The second-order valence-corrected chi connectivity index (χ2v) is 7.36. The number of allylic oxidation sites excluding steroid dienone is 1. The van der Waals surface area contributed by atoms with Gasteiger partial charge in [0.25, 0.3) is 0 Å². The summed E-state index contributed by atoms with van der Waals surface area (Å²) in [5, 5.41) is 20.3. The van der Waals surface area contributed by atoms with Crippen molar-refractivity contribution in [3.63, 3.8) is 0 Å². The van der Waals surface area contributed by atoms with Crippen molar-refractivity contribution >= 4 is 6.03 Å². The van der Waals surface area contributed by atoms with Crippen molar-refractivity contribution in [2.45, 2.75) is 45.3 Å². The van der Waals surface area contributed by atoms with Crippen molar-refractivity contribution < 1.29 is 9.90 Å². The van der Waals surface area contributed by atoms with Crippen LogP contribution in [0.2, 0.25) is 0 Å². The van der Waals surface area contributed by atoms with Gasteiger partial charge in [0.1, 0.15) is 5.60 Å². The van der Waals surface area contributed by atoms with Crippen LogP contribution in [0.15, 0.2) is 24.0 Å². The molecule has 3 N–H and O–H groups in total. The number of hydrogen-bond donors (Lipinski definition) is 3. The third kappa shape index (κ3) is 6.17. The summed E-state index contributed by atoms with van der Waals surface area (Å²) in [4.78, 5) is 14.5. The number of piperidine rings is 1. The zero-order valence-electron chi connectivity index (χ0n) is 15.7. The number of aryl methyl sites for hydroxylation is 1. The Kier molecular flexibility index (Phi) is 6.61. The van der Waals surface area contributed by atoms with E-state index in [2.05, 4.69) is 40.6 Å². The van der Waals surface area contributed by atoms with E-state index in [1.807, 2.05) is 0 Å². The second kappa shape index (κ2) is 8.49. The van der Waals surface area contributed by atoms with Crippen molar-refractivity contribution in [2.24, 2.45) is 7.05 Å². The van der Waals surface area contributed by atoms with Crippen molar-refractivity contribution in [3.05, 3.63) is 29.6 Å². The monoisotopic (exact) mass is 349 g/mol. The Hall–Kier alpha value is -1.86. The van der Waals surface area contributed by atoms with Gasteiger partial charge in [-0.3, -0.25) is 9.58 Å². The summed E-state index contributed by atoms with van der Waals surface area (Å²) in [6.45, 7) is 8.99. The van der Waals surface area contributed by atoms with E-state index in [-0.39, 0.29) is 18.6 Å². The number of aromatic nitrogens is 2. The van der Waals surface area contributed by atoms with Crippen LogP contribution >= 0.6 is 0 Å². The lowest BCUT2D eigenvalue weighted by atomic mass is 10.00. The van der Waals surface area contributed by atoms with Gasteiger partial charge in [-0.15, -0.1) is 0 Å². The molecular formula is C18H31N5O2. The third-order valence-electron chi connectivity index (χ3n) is 4.60. The molecule has 0 radical (unpaired) electrons. The molecule has 7 heteroatoms. The summed E-state index contributed by atoms with van der Waals surface area (Å²) in [5.41, 5.74) is 0.877. The molecule has 1 atom stereocenters. The number of hydrogen-bond acceptors (Lipinski definition) is 4. The summed E-state index contributed by atoms with van der Waals surface area (Å²) >= 11 is 0. The van der Waals surface area contributed by atoms with Crippen LogP contribution in [-0.4, -0.2) is 58.0 Å². The van der Waals surface area contributed by atoms with Crippen molar-refractivity contribution in [2.75, 3.05) is 26.2 Å². The highest BCUT2D eigenvalue weighted by molar-refractivity contribution is 5.74. The molecule has 0 spiro atoms. The van der Waals surface area contributed by atoms with E-state index >= 15 is 0 Å². The molecule has 1 aromatic heterocycles. The smallest absolute Gasteiger partial charge is 0.315 e. The minimum absolute atomic E-state index is 0.143. The highest BCUT2D eigenvalue weighted by Gasteiger charge is 2.26. The fraction of sp³-hybridized carbons (Fsp3) is 0.667. The number of carbonyl (C=O) groups is 1. The van der Waals surface area contributed by atoms with Gasteiger partial charge in [-0.2, -0.15) is 5.10 Å². The molecule has 140 valence electrons. The van der Waals surface area contributed by atoms with Crippen LogP contribution in [0.5, 0.6) is 0 Å². The predicted octanol–water partition coefficient (Wildman–Crippen LogP) is 1.36. The fourth-order valence-electron chi connectivity index (χ4n) is 2.86.